The molecule has 148 valence electrons. The number of benzene rings is 1. The Balaban J connectivity index is 1.46. The maximum Gasteiger partial charge on any atom is 0.147 e. The van der Waals surface area contributed by atoms with Gasteiger partial charge in [-0.1, -0.05) is 12.8 Å². The number of sulfone groups is 1. The molecule has 1 aliphatic carbocycles. The zero-order valence-corrected chi connectivity index (χ0v) is 17.1. The number of aliphatic imine (C=N–C) groups is 1. The lowest BCUT2D eigenvalue weighted by atomic mass is 10.1. The van der Waals surface area contributed by atoms with Gasteiger partial charge in [0.2, 0.25) is 0 Å². The molecule has 2 atom stereocenters. The van der Waals surface area contributed by atoms with Crippen molar-refractivity contribution in [1.29, 1.82) is 0 Å². The molecule has 0 aromatic heterocycles. The Morgan fingerprint density at radius 2 is 2.11 bits per heavy atom. The van der Waals surface area contributed by atoms with E-state index in [2.05, 4.69) is 10.6 Å². The maximum absolute atomic E-state index is 14.1. The minimum absolute atomic E-state index is 0.0538. The smallest absolute Gasteiger partial charge is 0.147 e. The lowest BCUT2D eigenvalue weighted by molar-refractivity contribution is 0.594. The van der Waals surface area contributed by atoms with Gasteiger partial charge in [-0.3, -0.25) is 4.99 Å². The third-order valence-electron chi connectivity index (χ3n) is 5.50. The molecule has 1 saturated carbocycles. The highest BCUT2D eigenvalue weighted by molar-refractivity contribution is 8.14. The number of nitrogens with zero attached hydrogens (tertiary/aromatic N) is 1. The highest BCUT2D eigenvalue weighted by atomic mass is 32.2. The van der Waals surface area contributed by atoms with Crippen molar-refractivity contribution in [1.82, 2.24) is 0 Å². The number of halogens is 1. The van der Waals surface area contributed by atoms with E-state index in [-0.39, 0.29) is 23.7 Å². The molecule has 0 bridgehead atoms. The van der Waals surface area contributed by atoms with Gasteiger partial charge in [0.05, 0.1) is 34.3 Å². The molecule has 0 saturated heterocycles. The molecule has 1 aromatic rings. The van der Waals surface area contributed by atoms with E-state index in [1.807, 2.05) is 0 Å². The number of thioether (sulfide) groups is 1. The van der Waals surface area contributed by atoms with Crippen molar-refractivity contribution in [2.75, 3.05) is 28.4 Å². The van der Waals surface area contributed by atoms with Crippen molar-refractivity contribution in [3.63, 3.8) is 0 Å². The van der Waals surface area contributed by atoms with Crippen LogP contribution in [0, 0.1) is 5.82 Å². The number of anilines is 2. The summed E-state index contributed by atoms with van der Waals surface area (Å²) < 4.78 is 36.9. The van der Waals surface area contributed by atoms with Crippen molar-refractivity contribution >= 4 is 38.0 Å². The van der Waals surface area contributed by atoms with E-state index in [0.717, 1.165) is 47.0 Å². The first kappa shape index (κ1) is 19.1. The maximum atomic E-state index is 14.1. The Hall–Kier alpha value is -1.28. The van der Waals surface area contributed by atoms with Crippen LogP contribution in [0.25, 0.3) is 0 Å². The molecular formula is C19H26FN3O2S2. The number of rotatable bonds is 6. The van der Waals surface area contributed by atoms with Gasteiger partial charge in [-0.2, -0.15) is 0 Å². The third-order valence-corrected chi connectivity index (χ3v) is 7.71. The zero-order valence-electron chi connectivity index (χ0n) is 15.5. The molecule has 8 heteroatoms. The molecule has 27 heavy (non-hydrogen) atoms. The van der Waals surface area contributed by atoms with Crippen LogP contribution >= 0.6 is 11.8 Å². The Bertz CT molecular complexity index is 851. The molecule has 1 aromatic carbocycles. The lowest BCUT2D eigenvalue weighted by Crippen LogP contribution is -2.24. The summed E-state index contributed by atoms with van der Waals surface area (Å²) in [4.78, 5) is 4.75. The molecule has 2 heterocycles. The largest absolute Gasteiger partial charge is 0.381 e. The summed E-state index contributed by atoms with van der Waals surface area (Å²) in [5, 5.41) is 8.07. The van der Waals surface area contributed by atoms with Gasteiger partial charge < -0.3 is 10.6 Å². The van der Waals surface area contributed by atoms with Gasteiger partial charge in [-0.05, 0) is 37.0 Å². The number of fused-ring (bicyclic) bond motifs is 1. The minimum atomic E-state index is -2.96. The number of hydrogen-bond donors (Lipinski definition) is 2. The van der Waals surface area contributed by atoms with Gasteiger partial charge in [0.1, 0.15) is 15.7 Å². The predicted molar refractivity (Wildman–Crippen MR) is 111 cm³/mol. The Morgan fingerprint density at radius 3 is 2.85 bits per heavy atom. The van der Waals surface area contributed by atoms with Crippen molar-refractivity contribution in [3.8, 4) is 0 Å². The second-order valence-corrected chi connectivity index (χ2v) is 11.2. The molecule has 1 unspecified atom stereocenters. The SMILES string of the molecule is CS(=O)(=O)CC[C@@H]1CSC(C2Cc3cc(F)cc(NC4CCCC4)c3N2)=N1. The van der Waals surface area contributed by atoms with Crippen molar-refractivity contribution in [2.24, 2.45) is 4.99 Å². The van der Waals surface area contributed by atoms with Gasteiger partial charge in [-0.25, -0.2) is 12.8 Å². The molecule has 0 amide bonds. The Kier molecular flexibility index (Phi) is 5.38. The van der Waals surface area contributed by atoms with Gasteiger partial charge in [0.25, 0.3) is 0 Å². The van der Waals surface area contributed by atoms with Crippen LogP contribution in [0.5, 0.6) is 0 Å². The number of hydrogen-bond acceptors (Lipinski definition) is 6. The van der Waals surface area contributed by atoms with Crippen molar-refractivity contribution < 1.29 is 12.8 Å². The van der Waals surface area contributed by atoms with Gasteiger partial charge in [0, 0.05) is 24.5 Å². The third kappa shape index (κ3) is 4.59. The highest BCUT2D eigenvalue weighted by Crippen LogP contribution is 2.38. The van der Waals surface area contributed by atoms with Crippen LogP contribution in [0.15, 0.2) is 17.1 Å². The van der Waals surface area contributed by atoms with Crippen molar-refractivity contribution in [2.45, 2.75) is 56.7 Å². The first-order chi connectivity index (χ1) is 12.9. The Morgan fingerprint density at radius 1 is 1.33 bits per heavy atom. The Labute approximate surface area is 164 Å². The molecule has 0 spiro atoms. The van der Waals surface area contributed by atoms with E-state index in [1.165, 1.54) is 19.1 Å². The molecular weight excluding hydrogens is 385 g/mol. The fourth-order valence-corrected chi connectivity index (χ4v) is 5.99. The summed E-state index contributed by atoms with van der Waals surface area (Å²) in [7, 11) is -2.96. The highest BCUT2D eigenvalue weighted by Gasteiger charge is 2.32. The predicted octanol–water partition coefficient (Wildman–Crippen LogP) is 3.47. The summed E-state index contributed by atoms with van der Waals surface area (Å²) in [5.41, 5.74) is 2.84. The quantitative estimate of drug-likeness (QED) is 0.750. The fourth-order valence-electron chi connectivity index (χ4n) is 4.12. The van der Waals surface area contributed by atoms with Crippen LogP contribution in [0.4, 0.5) is 15.8 Å². The molecule has 1 fully saturated rings. The molecule has 3 aliphatic rings. The molecule has 4 rings (SSSR count). The molecule has 5 nitrogen and oxygen atoms in total. The van der Waals surface area contributed by atoms with Crippen molar-refractivity contribution in [3.05, 3.63) is 23.5 Å². The second kappa shape index (κ2) is 7.62. The van der Waals surface area contributed by atoms with Crippen LogP contribution in [-0.2, 0) is 16.3 Å². The van der Waals surface area contributed by atoms with E-state index in [4.69, 9.17) is 4.99 Å². The zero-order chi connectivity index (χ0) is 19.0. The van der Waals surface area contributed by atoms with Gasteiger partial charge in [0.15, 0.2) is 0 Å². The lowest BCUT2D eigenvalue weighted by Gasteiger charge is -2.18. The summed E-state index contributed by atoms with van der Waals surface area (Å²) in [5.74, 6) is 0.790. The van der Waals surface area contributed by atoms with E-state index in [1.54, 1.807) is 23.9 Å². The van der Waals surface area contributed by atoms with Gasteiger partial charge >= 0.3 is 0 Å². The number of nitrogens with one attached hydrogen (secondary N) is 2. The fraction of sp³-hybridized carbons (Fsp3) is 0.632. The first-order valence-electron chi connectivity index (χ1n) is 9.61. The van der Waals surface area contributed by atoms with Crippen LogP contribution < -0.4 is 10.6 Å². The standard InChI is InChI=1S/C19H26FN3O2S2/c1-27(24,25)7-6-15-11-26-19(22-15)17-9-12-8-13(20)10-16(18(12)23-17)21-14-4-2-3-5-14/h8,10,14-15,17,21,23H,2-7,9,11H2,1H3/t15-,17?/m1/s1. The topological polar surface area (TPSA) is 70.6 Å². The summed E-state index contributed by atoms with van der Waals surface area (Å²) in [6, 6.07) is 3.74. The van der Waals surface area contributed by atoms with Crippen LogP contribution in [0.3, 0.4) is 0 Å². The van der Waals surface area contributed by atoms with Crippen LogP contribution in [0.1, 0.15) is 37.7 Å². The van der Waals surface area contributed by atoms with Gasteiger partial charge in [-0.15, -0.1) is 11.8 Å². The van der Waals surface area contributed by atoms with Crippen LogP contribution in [0.2, 0.25) is 0 Å². The van der Waals surface area contributed by atoms with E-state index in [0.29, 0.717) is 12.5 Å². The van der Waals surface area contributed by atoms with E-state index >= 15 is 0 Å². The first-order valence-corrected chi connectivity index (χ1v) is 12.7. The summed E-state index contributed by atoms with van der Waals surface area (Å²) in [6.07, 6.45) is 7.29. The average molecular weight is 412 g/mol. The molecule has 2 aliphatic heterocycles. The second-order valence-electron chi connectivity index (χ2n) is 7.86. The van der Waals surface area contributed by atoms with Crippen LogP contribution in [-0.4, -0.2) is 49.3 Å². The minimum Gasteiger partial charge on any atom is -0.381 e. The normalized spacial score (nSPS) is 25.3. The summed E-state index contributed by atoms with van der Waals surface area (Å²) >= 11 is 1.69. The van der Waals surface area contributed by atoms with E-state index in [9.17, 15) is 12.8 Å². The molecule has 0 radical (unpaired) electrons. The molecule has 2 N–H and O–H groups in total. The monoisotopic (exact) mass is 411 g/mol. The van der Waals surface area contributed by atoms with E-state index < -0.39 is 9.84 Å². The summed E-state index contributed by atoms with van der Waals surface area (Å²) in [6.45, 7) is 0. The average Bonchev–Trinajstić information content (AvgIpc) is 3.32.